The molecule has 1 atom stereocenters. The highest BCUT2D eigenvalue weighted by molar-refractivity contribution is 7.92. The number of hydrogen-bond donors (Lipinski definition) is 1. The fourth-order valence-corrected chi connectivity index (χ4v) is 4.65. The van der Waals surface area contributed by atoms with Crippen molar-refractivity contribution in [3.05, 3.63) is 65.0 Å². The van der Waals surface area contributed by atoms with Crippen LogP contribution >= 0.6 is 0 Å². The summed E-state index contributed by atoms with van der Waals surface area (Å²) >= 11 is 0. The van der Waals surface area contributed by atoms with E-state index in [1.165, 1.54) is 22.3 Å². The van der Waals surface area contributed by atoms with Crippen LogP contribution in [0.2, 0.25) is 0 Å². The molecule has 0 saturated carbocycles. The number of hydrogen-bond acceptors (Lipinski definition) is 4. The van der Waals surface area contributed by atoms with E-state index in [2.05, 4.69) is 5.32 Å². The van der Waals surface area contributed by atoms with E-state index in [1.807, 2.05) is 19.9 Å². The standard InChI is InChI=1S/C24H32FN3O4S/c1-17-13-18(2)15-21(14-17)28(33(5,31)32)12-8-11-23(29)27(19(3)24(30)26-4)16-20-9-6-7-10-22(20)25/h6-7,9-10,13-15,19H,8,11-12,16H2,1-5H3,(H,26,30)/t19-/m1/s1. The molecule has 9 heteroatoms. The third-order valence-corrected chi connectivity index (χ3v) is 6.55. The van der Waals surface area contributed by atoms with E-state index in [1.54, 1.807) is 37.3 Å². The number of benzene rings is 2. The number of aryl methyl sites for hydroxylation is 2. The summed E-state index contributed by atoms with van der Waals surface area (Å²) in [6.45, 7) is 5.40. The van der Waals surface area contributed by atoms with Gasteiger partial charge >= 0.3 is 0 Å². The van der Waals surface area contributed by atoms with Crippen LogP contribution in [0.3, 0.4) is 0 Å². The summed E-state index contributed by atoms with van der Waals surface area (Å²) in [5.41, 5.74) is 2.72. The maximum absolute atomic E-state index is 14.2. The van der Waals surface area contributed by atoms with Crippen molar-refractivity contribution in [3.8, 4) is 0 Å². The monoisotopic (exact) mass is 477 g/mol. The van der Waals surface area contributed by atoms with Gasteiger partial charge in [-0.15, -0.1) is 0 Å². The van der Waals surface area contributed by atoms with Gasteiger partial charge in [-0.3, -0.25) is 13.9 Å². The summed E-state index contributed by atoms with van der Waals surface area (Å²) < 4.78 is 40.3. The summed E-state index contributed by atoms with van der Waals surface area (Å²) in [6.07, 6.45) is 1.38. The summed E-state index contributed by atoms with van der Waals surface area (Å²) in [4.78, 5) is 26.6. The molecule has 0 fully saturated rings. The van der Waals surface area contributed by atoms with Gasteiger partial charge in [0.05, 0.1) is 11.9 Å². The minimum Gasteiger partial charge on any atom is -0.357 e. The van der Waals surface area contributed by atoms with Crippen molar-refractivity contribution in [3.63, 3.8) is 0 Å². The molecule has 0 aromatic heterocycles. The minimum absolute atomic E-state index is 0.00655. The number of nitrogens with zero attached hydrogens (tertiary/aromatic N) is 2. The van der Waals surface area contributed by atoms with E-state index in [4.69, 9.17) is 0 Å². The predicted octanol–water partition coefficient (Wildman–Crippen LogP) is 3.15. The van der Waals surface area contributed by atoms with E-state index >= 15 is 0 Å². The SMILES string of the molecule is CNC(=O)[C@@H](C)N(Cc1ccccc1F)C(=O)CCCN(c1cc(C)cc(C)c1)S(C)(=O)=O. The largest absolute Gasteiger partial charge is 0.357 e. The maximum Gasteiger partial charge on any atom is 0.242 e. The average Bonchev–Trinajstić information content (AvgIpc) is 2.73. The van der Waals surface area contributed by atoms with Crippen LogP contribution in [0.25, 0.3) is 0 Å². The molecule has 0 spiro atoms. The predicted molar refractivity (Wildman–Crippen MR) is 128 cm³/mol. The molecule has 0 radical (unpaired) electrons. The zero-order valence-corrected chi connectivity index (χ0v) is 20.6. The van der Waals surface area contributed by atoms with Gasteiger partial charge in [-0.2, -0.15) is 0 Å². The van der Waals surface area contributed by atoms with Crippen LogP contribution in [0.15, 0.2) is 42.5 Å². The fourth-order valence-electron chi connectivity index (χ4n) is 3.70. The molecule has 0 saturated heterocycles. The molecular formula is C24H32FN3O4S. The Morgan fingerprint density at radius 3 is 2.24 bits per heavy atom. The molecule has 2 aromatic carbocycles. The van der Waals surface area contributed by atoms with Crippen molar-refractivity contribution >= 4 is 27.5 Å². The van der Waals surface area contributed by atoms with Crippen LogP contribution in [0.5, 0.6) is 0 Å². The van der Waals surface area contributed by atoms with Gasteiger partial charge in [0.1, 0.15) is 11.9 Å². The molecule has 7 nitrogen and oxygen atoms in total. The third kappa shape index (κ3) is 7.28. The van der Waals surface area contributed by atoms with Gasteiger partial charge < -0.3 is 10.2 Å². The molecule has 0 unspecified atom stereocenters. The van der Waals surface area contributed by atoms with E-state index < -0.39 is 21.9 Å². The number of carbonyl (C=O) groups excluding carboxylic acids is 2. The Morgan fingerprint density at radius 1 is 1.09 bits per heavy atom. The fraction of sp³-hybridized carbons (Fsp3) is 0.417. The summed E-state index contributed by atoms with van der Waals surface area (Å²) in [6, 6.07) is 10.8. The first-order valence-electron chi connectivity index (χ1n) is 10.7. The lowest BCUT2D eigenvalue weighted by molar-refractivity contribution is -0.140. The summed E-state index contributed by atoms with van der Waals surface area (Å²) in [5.74, 6) is -1.19. The van der Waals surface area contributed by atoms with Crippen LogP contribution in [0.1, 0.15) is 36.5 Å². The Bertz CT molecular complexity index is 1080. The van der Waals surface area contributed by atoms with E-state index in [0.29, 0.717) is 11.3 Å². The first-order valence-corrected chi connectivity index (χ1v) is 12.6. The third-order valence-electron chi connectivity index (χ3n) is 5.36. The normalized spacial score (nSPS) is 12.2. The highest BCUT2D eigenvalue weighted by Crippen LogP contribution is 2.22. The van der Waals surface area contributed by atoms with E-state index in [0.717, 1.165) is 17.4 Å². The summed E-state index contributed by atoms with van der Waals surface area (Å²) in [7, 11) is -2.09. The second-order valence-electron chi connectivity index (χ2n) is 8.19. The number of rotatable bonds is 10. The molecule has 0 aliphatic rings. The molecule has 180 valence electrons. The van der Waals surface area contributed by atoms with Gasteiger partial charge in [0.25, 0.3) is 0 Å². The Morgan fingerprint density at radius 2 is 1.70 bits per heavy atom. The Hall–Kier alpha value is -2.94. The van der Waals surface area contributed by atoms with Crippen molar-refractivity contribution in [2.75, 3.05) is 24.2 Å². The molecule has 2 amide bonds. The van der Waals surface area contributed by atoms with E-state index in [9.17, 15) is 22.4 Å². The van der Waals surface area contributed by atoms with E-state index in [-0.39, 0.29) is 37.7 Å². The molecule has 2 rings (SSSR count). The summed E-state index contributed by atoms with van der Waals surface area (Å²) in [5, 5.41) is 2.51. The molecule has 0 bridgehead atoms. The van der Waals surface area contributed by atoms with Crippen molar-refractivity contribution in [1.82, 2.24) is 10.2 Å². The lowest BCUT2D eigenvalue weighted by atomic mass is 10.1. The zero-order valence-electron chi connectivity index (χ0n) is 19.8. The van der Waals surface area contributed by atoms with Gasteiger partial charge in [0, 0.05) is 32.1 Å². The Balaban J connectivity index is 2.18. The second kappa shape index (κ2) is 11.3. The van der Waals surface area contributed by atoms with Gasteiger partial charge in [-0.1, -0.05) is 24.3 Å². The van der Waals surface area contributed by atoms with Crippen LogP contribution in [0.4, 0.5) is 10.1 Å². The number of sulfonamides is 1. The van der Waals surface area contributed by atoms with Gasteiger partial charge in [0.15, 0.2) is 0 Å². The molecule has 0 aliphatic carbocycles. The average molecular weight is 478 g/mol. The van der Waals surface area contributed by atoms with Crippen molar-refractivity contribution < 1.29 is 22.4 Å². The Labute approximate surface area is 195 Å². The number of amides is 2. The van der Waals surface area contributed by atoms with Crippen LogP contribution in [0, 0.1) is 19.7 Å². The molecule has 33 heavy (non-hydrogen) atoms. The van der Waals surface area contributed by atoms with Gasteiger partial charge in [-0.25, -0.2) is 12.8 Å². The Kier molecular flexibility index (Phi) is 8.99. The van der Waals surface area contributed by atoms with Crippen LogP contribution in [-0.2, 0) is 26.2 Å². The van der Waals surface area contributed by atoms with Crippen LogP contribution < -0.4 is 9.62 Å². The lowest BCUT2D eigenvalue weighted by Crippen LogP contribution is -2.47. The molecule has 2 aromatic rings. The van der Waals surface area contributed by atoms with Crippen molar-refractivity contribution in [1.29, 1.82) is 0 Å². The lowest BCUT2D eigenvalue weighted by Gasteiger charge is -2.29. The molecule has 1 N–H and O–H groups in total. The minimum atomic E-state index is -3.56. The second-order valence-corrected chi connectivity index (χ2v) is 10.1. The highest BCUT2D eigenvalue weighted by Gasteiger charge is 2.26. The number of carbonyl (C=O) groups is 2. The zero-order chi connectivity index (χ0) is 24.8. The van der Waals surface area contributed by atoms with Crippen molar-refractivity contribution in [2.45, 2.75) is 46.2 Å². The highest BCUT2D eigenvalue weighted by atomic mass is 32.2. The number of likely N-dealkylation sites (N-methyl/N-ethyl adjacent to an activating group) is 1. The topological polar surface area (TPSA) is 86.8 Å². The molecular weight excluding hydrogens is 445 g/mol. The van der Waals surface area contributed by atoms with Gasteiger partial charge in [0.2, 0.25) is 21.8 Å². The number of anilines is 1. The molecule has 0 heterocycles. The number of nitrogens with one attached hydrogen (secondary N) is 1. The smallest absolute Gasteiger partial charge is 0.242 e. The first kappa shape index (κ1) is 26.3. The van der Waals surface area contributed by atoms with Crippen LogP contribution in [-0.4, -0.2) is 51.0 Å². The number of halogens is 1. The van der Waals surface area contributed by atoms with Gasteiger partial charge in [-0.05, 0) is 56.5 Å². The maximum atomic E-state index is 14.2. The van der Waals surface area contributed by atoms with Crippen molar-refractivity contribution in [2.24, 2.45) is 0 Å². The quantitative estimate of drug-likeness (QED) is 0.570. The first-order chi connectivity index (χ1) is 15.4. The molecule has 0 aliphatic heterocycles.